The number of Topliss-reactive ketones (excluding diaryl/α,β-unsaturated/α-hetero) is 1. The fraction of sp³-hybridized carbons (Fsp3) is 0.282. The lowest BCUT2D eigenvalue weighted by Gasteiger charge is -2.23. The maximum atomic E-state index is 13.8. The molecule has 1 heterocycles. The molecule has 0 radical (unpaired) electrons. The number of carbonyl (C=O) groups excluding carboxylic acids is 5. The van der Waals surface area contributed by atoms with Gasteiger partial charge in [-0.25, -0.2) is 4.79 Å². The summed E-state index contributed by atoms with van der Waals surface area (Å²) in [5.74, 6) is -3.79. The van der Waals surface area contributed by atoms with E-state index >= 15 is 0 Å². The molecule has 52 heavy (non-hydrogen) atoms. The fourth-order valence-corrected chi connectivity index (χ4v) is 5.69. The zero-order valence-electron chi connectivity index (χ0n) is 28.9. The highest BCUT2D eigenvalue weighted by molar-refractivity contribution is 6.39. The summed E-state index contributed by atoms with van der Waals surface area (Å²) in [5.41, 5.74) is 0.550. The number of carbonyl (C=O) groups is 5. The SMILES string of the molecule is CC(C)(C)OC(=O)CC(NC(=O)Cn1c(Cc2ccccc2)ccc(NC(=O)CCc2ccccc2)c1=O)C(=O)COC(=O)c1c(Cl)cccc1Cl. The number of anilines is 1. The van der Waals surface area contributed by atoms with Crippen molar-refractivity contribution in [2.75, 3.05) is 11.9 Å². The average molecular weight is 749 g/mol. The maximum Gasteiger partial charge on any atom is 0.341 e. The summed E-state index contributed by atoms with van der Waals surface area (Å²) in [6.45, 7) is 3.52. The number of nitrogens with zero attached hydrogens (tertiary/aromatic N) is 1. The smallest absolute Gasteiger partial charge is 0.341 e. The summed E-state index contributed by atoms with van der Waals surface area (Å²) < 4.78 is 11.7. The van der Waals surface area contributed by atoms with E-state index < -0.39 is 60.4 Å². The zero-order chi connectivity index (χ0) is 37.8. The van der Waals surface area contributed by atoms with Gasteiger partial charge in [-0.1, -0.05) is 89.9 Å². The molecular formula is C39H39Cl2N3O8. The first-order chi connectivity index (χ1) is 24.7. The quantitative estimate of drug-likeness (QED) is 0.142. The third-order valence-corrected chi connectivity index (χ3v) is 8.21. The minimum atomic E-state index is -1.49. The number of hydrogen-bond acceptors (Lipinski definition) is 8. The van der Waals surface area contributed by atoms with Gasteiger partial charge in [-0.2, -0.15) is 0 Å². The predicted octanol–water partition coefficient (Wildman–Crippen LogP) is 5.96. The van der Waals surface area contributed by atoms with Gasteiger partial charge in [0.25, 0.3) is 5.56 Å². The van der Waals surface area contributed by atoms with Crippen LogP contribution < -0.4 is 16.2 Å². The molecule has 0 spiro atoms. The van der Waals surface area contributed by atoms with E-state index in [2.05, 4.69) is 10.6 Å². The third-order valence-electron chi connectivity index (χ3n) is 7.58. The fourth-order valence-electron chi connectivity index (χ4n) is 5.14. The average Bonchev–Trinajstić information content (AvgIpc) is 3.08. The van der Waals surface area contributed by atoms with Crippen LogP contribution >= 0.6 is 23.2 Å². The van der Waals surface area contributed by atoms with Gasteiger partial charge < -0.3 is 24.7 Å². The molecule has 13 heteroatoms. The van der Waals surface area contributed by atoms with Crippen LogP contribution in [0.15, 0.2) is 95.8 Å². The molecule has 0 aliphatic carbocycles. The van der Waals surface area contributed by atoms with Crippen LogP contribution in [0.2, 0.25) is 10.0 Å². The first-order valence-electron chi connectivity index (χ1n) is 16.5. The number of hydrogen-bond donors (Lipinski definition) is 2. The largest absolute Gasteiger partial charge is 0.460 e. The number of benzene rings is 3. The second-order valence-electron chi connectivity index (χ2n) is 12.9. The number of aromatic nitrogens is 1. The zero-order valence-corrected chi connectivity index (χ0v) is 30.5. The van der Waals surface area contributed by atoms with Crippen LogP contribution in [0, 0.1) is 0 Å². The summed E-state index contributed by atoms with van der Waals surface area (Å²) in [6, 6.07) is 24.7. The van der Waals surface area contributed by atoms with E-state index in [0.717, 1.165) is 11.1 Å². The number of ether oxygens (including phenoxy) is 2. The Bertz CT molecular complexity index is 1960. The van der Waals surface area contributed by atoms with Crippen molar-refractivity contribution < 1.29 is 33.4 Å². The molecule has 2 amide bonds. The van der Waals surface area contributed by atoms with Crippen LogP contribution in [0.25, 0.3) is 0 Å². The van der Waals surface area contributed by atoms with Gasteiger partial charge in [0.2, 0.25) is 11.8 Å². The molecule has 0 saturated carbocycles. The molecule has 0 bridgehead atoms. The van der Waals surface area contributed by atoms with E-state index in [9.17, 15) is 28.8 Å². The van der Waals surface area contributed by atoms with Crippen molar-refractivity contribution in [1.29, 1.82) is 0 Å². The van der Waals surface area contributed by atoms with Crippen molar-refractivity contribution in [3.63, 3.8) is 0 Å². The Morgan fingerprint density at radius 3 is 2.02 bits per heavy atom. The van der Waals surface area contributed by atoms with Crippen molar-refractivity contribution in [2.24, 2.45) is 0 Å². The Hall–Kier alpha value is -5.26. The molecule has 1 atom stereocenters. The normalized spacial score (nSPS) is 11.6. The van der Waals surface area contributed by atoms with Crippen molar-refractivity contribution in [3.8, 4) is 0 Å². The number of rotatable bonds is 15. The maximum absolute atomic E-state index is 13.8. The van der Waals surface area contributed by atoms with Gasteiger partial charge in [0.15, 0.2) is 12.4 Å². The summed E-state index contributed by atoms with van der Waals surface area (Å²) in [5, 5.41) is 5.18. The van der Waals surface area contributed by atoms with Crippen molar-refractivity contribution in [2.45, 2.75) is 64.6 Å². The standard InChI is InChI=1S/C39H39Cl2N3O8/c1-39(2,3)52-35(48)22-31(32(45)24-51-38(50)36-28(40)15-10-16-29(36)41)43-34(47)23-44-27(21-26-13-8-5-9-14-26)18-19-30(37(44)49)42-33(46)20-17-25-11-6-4-7-12-25/h4-16,18-19,31H,17,20-24H2,1-3H3,(H,42,46)(H,43,47). The number of amides is 2. The Morgan fingerprint density at radius 2 is 1.40 bits per heavy atom. The molecule has 272 valence electrons. The molecule has 1 unspecified atom stereocenters. The lowest BCUT2D eigenvalue weighted by molar-refractivity contribution is -0.156. The highest BCUT2D eigenvalue weighted by Crippen LogP contribution is 2.25. The Labute approximate surface area is 311 Å². The van der Waals surface area contributed by atoms with Crippen molar-refractivity contribution >= 4 is 58.4 Å². The molecule has 0 aliphatic heterocycles. The van der Waals surface area contributed by atoms with Crippen molar-refractivity contribution in [3.05, 3.63) is 134 Å². The van der Waals surface area contributed by atoms with Gasteiger partial charge in [-0.15, -0.1) is 0 Å². The number of esters is 2. The summed E-state index contributed by atoms with van der Waals surface area (Å²) in [6.07, 6.45) is 0.266. The van der Waals surface area contributed by atoms with Gasteiger partial charge in [0, 0.05) is 18.5 Å². The molecule has 4 aromatic rings. The van der Waals surface area contributed by atoms with Crippen LogP contribution in [0.5, 0.6) is 0 Å². The van der Waals surface area contributed by atoms with E-state index in [-0.39, 0.29) is 40.0 Å². The minimum absolute atomic E-state index is 0.00919. The second-order valence-corrected chi connectivity index (χ2v) is 13.7. The Morgan fingerprint density at radius 1 is 0.788 bits per heavy atom. The molecule has 1 aromatic heterocycles. The number of ketones is 1. The molecule has 3 aromatic carbocycles. The first kappa shape index (κ1) is 39.5. The predicted molar refractivity (Wildman–Crippen MR) is 197 cm³/mol. The van der Waals surface area contributed by atoms with Gasteiger partial charge in [0.05, 0.1) is 22.0 Å². The number of halogens is 2. The van der Waals surface area contributed by atoms with Gasteiger partial charge in [0.1, 0.15) is 23.9 Å². The van der Waals surface area contributed by atoms with E-state index in [1.165, 1.54) is 28.8 Å². The van der Waals surface area contributed by atoms with Crippen LogP contribution in [0.3, 0.4) is 0 Å². The van der Waals surface area contributed by atoms with E-state index in [1.54, 1.807) is 26.8 Å². The molecule has 4 rings (SSSR count). The van der Waals surface area contributed by atoms with E-state index in [1.807, 2.05) is 60.7 Å². The van der Waals surface area contributed by atoms with Crippen LogP contribution in [-0.4, -0.2) is 52.4 Å². The monoisotopic (exact) mass is 747 g/mol. The van der Waals surface area contributed by atoms with Gasteiger partial charge in [-0.3, -0.25) is 24.0 Å². The van der Waals surface area contributed by atoms with Gasteiger partial charge >= 0.3 is 11.9 Å². The van der Waals surface area contributed by atoms with Crippen LogP contribution in [-0.2, 0) is 48.0 Å². The van der Waals surface area contributed by atoms with E-state index in [0.29, 0.717) is 12.1 Å². The Balaban J connectivity index is 1.55. The second kappa shape index (κ2) is 18.3. The van der Waals surface area contributed by atoms with Gasteiger partial charge in [-0.05, 0) is 62.6 Å². The number of aryl methyl sites for hydroxylation is 1. The Kier molecular flexibility index (Phi) is 13.9. The van der Waals surface area contributed by atoms with E-state index in [4.69, 9.17) is 32.7 Å². The lowest BCUT2D eigenvalue weighted by Crippen LogP contribution is -2.47. The summed E-state index contributed by atoms with van der Waals surface area (Å²) in [4.78, 5) is 79.1. The summed E-state index contributed by atoms with van der Waals surface area (Å²) >= 11 is 12.2. The van der Waals surface area contributed by atoms with Crippen LogP contribution in [0.4, 0.5) is 5.69 Å². The highest BCUT2D eigenvalue weighted by atomic mass is 35.5. The number of pyridine rings is 1. The molecule has 0 fully saturated rings. The molecule has 2 N–H and O–H groups in total. The highest BCUT2D eigenvalue weighted by Gasteiger charge is 2.29. The van der Waals surface area contributed by atoms with Crippen molar-refractivity contribution in [1.82, 2.24) is 9.88 Å². The molecule has 11 nitrogen and oxygen atoms in total. The molecule has 0 saturated heterocycles. The first-order valence-corrected chi connectivity index (χ1v) is 17.2. The molecule has 0 aliphatic rings. The summed E-state index contributed by atoms with van der Waals surface area (Å²) in [7, 11) is 0. The molecular weight excluding hydrogens is 709 g/mol. The minimum Gasteiger partial charge on any atom is -0.460 e. The topological polar surface area (TPSA) is 150 Å². The number of nitrogens with one attached hydrogen (secondary N) is 2. The third kappa shape index (κ3) is 11.9. The van der Waals surface area contributed by atoms with Crippen LogP contribution in [0.1, 0.15) is 60.8 Å². The lowest BCUT2D eigenvalue weighted by atomic mass is 10.1.